The van der Waals surface area contributed by atoms with Crippen molar-refractivity contribution in [2.45, 2.75) is 6.92 Å². The molecule has 6 heteroatoms. The summed E-state index contributed by atoms with van der Waals surface area (Å²) >= 11 is 3.54. The van der Waals surface area contributed by atoms with Crippen LogP contribution in [0.4, 0.5) is 0 Å². The van der Waals surface area contributed by atoms with Gasteiger partial charge in [-0.3, -0.25) is 4.79 Å². The molecule has 0 fully saturated rings. The predicted molar refractivity (Wildman–Crippen MR) is 110 cm³/mol. The molecule has 0 radical (unpaired) electrons. The van der Waals surface area contributed by atoms with Crippen LogP contribution in [0.15, 0.2) is 70.2 Å². The molecule has 0 atom stereocenters. The second-order valence-corrected chi connectivity index (χ2v) is 6.64. The standard InChI is InChI=1S/C21H19BrN2O3/c1-14(15-7-10-17(26-2)11-8-15)23-24-20(25)13-27-19-12-9-16-5-3-4-6-18(16)21(19)22/h3-12H,13H2,1-2H3,(H,24,25). The summed E-state index contributed by atoms with van der Waals surface area (Å²) in [5, 5.41) is 6.25. The van der Waals surface area contributed by atoms with Gasteiger partial charge >= 0.3 is 0 Å². The smallest absolute Gasteiger partial charge is 0.277 e. The number of halogens is 1. The van der Waals surface area contributed by atoms with Crippen LogP contribution < -0.4 is 14.9 Å². The molecular formula is C21H19BrN2O3. The van der Waals surface area contributed by atoms with Gasteiger partial charge in [-0.2, -0.15) is 5.10 Å². The number of nitrogens with one attached hydrogen (secondary N) is 1. The number of methoxy groups -OCH3 is 1. The number of hydrogen-bond acceptors (Lipinski definition) is 4. The Hall–Kier alpha value is -2.86. The number of fused-ring (bicyclic) bond motifs is 1. The lowest BCUT2D eigenvalue weighted by Gasteiger charge is -2.10. The van der Waals surface area contributed by atoms with E-state index in [1.54, 1.807) is 7.11 Å². The molecule has 0 unspecified atom stereocenters. The highest BCUT2D eigenvalue weighted by atomic mass is 79.9. The Morgan fingerprint density at radius 2 is 1.81 bits per heavy atom. The van der Waals surface area contributed by atoms with E-state index in [1.807, 2.05) is 67.6 Å². The van der Waals surface area contributed by atoms with Gasteiger partial charge in [-0.25, -0.2) is 5.43 Å². The van der Waals surface area contributed by atoms with Crippen LogP contribution in [-0.4, -0.2) is 25.3 Å². The second kappa shape index (κ2) is 8.68. The SMILES string of the molecule is COc1ccc(C(C)=NNC(=O)COc2ccc3ccccc3c2Br)cc1. The molecule has 138 valence electrons. The molecular weight excluding hydrogens is 408 g/mol. The maximum atomic E-state index is 12.0. The molecule has 0 aromatic heterocycles. The lowest BCUT2D eigenvalue weighted by atomic mass is 10.1. The van der Waals surface area contributed by atoms with E-state index in [0.29, 0.717) is 11.5 Å². The van der Waals surface area contributed by atoms with E-state index in [4.69, 9.17) is 9.47 Å². The van der Waals surface area contributed by atoms with Crippen molar-refractivity contribution in [3.63, 3.8) is 0 Å². The zero-order valence-electron chi connectivity index (χ0n) is 15.0. The van der Waals surface area contributed by atoms with Gasteiger partial charge in [0, 0.05) is 0 Å². The number of nitrogens with zero attached hydrogens (tertiary/aromatic N) is 1. The van der Waals surface area contributed by atoms with Crippen LogP contribution in [0.1, 0.15) is 12.5 Å². The van der Waals surface area contributed by atoms with Crippen LogP contribution in [0, 0.1) is 0 Å². The zero-order valence-corrected chi connectivity index (χ0v) is 16.6. The quantitative estimate of drug-likeness (QED) is 0.465. The summed E-state index contributed by atoms with van der Waals surface area (Å²) in [6, 6.07) is 19.2. The number of rotatable bonds is 6. The highest BCUT2D eigenvalue weighted by molar-refractivity contribution is 9.10. The van der Waals surface area contributed by atoms with Crippen LogP contribution in [0.2, 0.25) is 0 Å². The van der Waals surface area contributed by atoms with Crippen molar-refractivity contribution in [1.82, 2.24) is 5.43 Å². The monoisotopic (exact) mass is 426 g/mol. The molecule has 0 aliphatic rings. The third-order valence-corrected chi connectivity index (χ3v) is 4.86. The first-order valence-corrected chi connectivity index (χ1v) is 9.15. The topological polar surface area (TPSA) is 59.9 Å². The summed E-state index contributed by atoms with van der Waals surface area (Å²) in [4.78, 5) is 12.0. The first-order chi connectivity index (χ1) is 13.1. The first-order valence-electron chi connectivity index (χ1n) is 8.36. The first kappa shape index (κ1) is 18.9. The Morgan fingerprint density at radius 1 is 1.07 bits per heavy atom. The molecule has 0 saturated carbocycles. The fourth-order valence-electron chi connectivity index (χ4n) is 2.54. The van der Waals surface area contributed by atoms with Crippen LogP contribution >= 0.6 is 15.9 Å². The predicted octanol–water partition coefficient (Wildman–Crippen LogP) is 4.53. The number of carbonyl (C=O) groups excluding carboxylic acids is 1. The molecule has 3 rings (SSSR count). The maximum absolute atomic E-state index is 12.0. The van der Waals surface area contributed by atoms with Gasteiger partial charge in [0.05, 0.1) is 17.3 Å². The van der Waals surface area contributed by atoms with Gasteiger partial charge < -0.3 is 9.47 Å². The summed E-state index contributed by atoms with van der Waals surface area (Å²) in [5.74, 6) is 1.05. The Kier molecular flexibility index (Phi) is 6.08. The summed E-state index contributed by atoms with van der Waals surface area (Å²) in [6.45, 7) is 1.69. The van der Waals surface area contributed by atoms with Crippen molar-refractivity contribution in [2.75, 3.05) is 13.7 Å². The minimum absolute atomic E-state index is 0.129. The van der Waals surface area contributed by atoms with E-state index < -0.39 is 0 Å². The lowest BCUT2D eigenvalue weighted by Crippen LogP contribution is -2.25. The van der Waals surface area contributed by atoms with Crippen LogP contribution in [-0.2, 0) is 4.79 Å². The van der Waals surface area contributed by atoms with E-state index >= 15 is 0 Å². The van der Waals surface area contributed by atoms with Gasteiger partial charge in [0.15, 0.2) is 6.61 Å². The Morgan fingerprint density at radius 3 is 2.56 bits per heavy atom. The van der Waals surface area contributed by atoms with Crippen molar-refractivity contribution in [3.8, 4) is 11.5 Å². The number of carbonyl (C=O) groups is 1. The molecule has 1 N–H and O–H groups in total. The Balaban J connectivity index is 1.60. The lowest BCUT2D eigenvalue weighted by molar-refractivity contribution is -0.123. The highest BCUT2D eigenvalue weighted by Crippen LogP contribution is 2.32. The summed E-state index contributed by atoms with van der Waals surface area (Å²) in [5.41, 5.74) is 4.10. The van der Waals surface area contributed by atoms with Gasteiger partial charge in [-0.1, -0.05) is 30.3 Å². The average molecular weight is 427 g/mol. The average Bonchev–Trinajstić information content (AvgIpc) is 2.71. The second-order valence-electron chi connectivity index (χ2n) is 5.85. The van der Waals surface area contributed by atoms with Gasteiger partial charge in [0.25, 0.3) is 5.91 Å². The summed E-state index contributed by atoms with van der Waals surface area (Å²) < 4.78 is 11.6. The number of amides is 1. The van der Waals surface area contributed by atoms with Crippen molar-refractivity contribution < 1.29 is 14.3 Å². The van der Waals surface area contributed by atoms with Gasteiger partial charge in [-0.15, -0.1) is 0 Å². The largest absolute Gasteiger partial charge is 0.497 e. The van der Waals surface area contributed by atoms with Crippen molar-refractivity contribution >= 4 is 38.3 Å². The minimum atomic E-state index is -0.331. The molecule has 0 bridgehead atoms. The van der Waals surface area contributed by atoms with Crippen LogP contribution in [0.25, 0.3) is 10.8 Å². The third-order valence-electron chi connectivity index (χ3n) is 4.04. The molecule has 1 amide bonds. The van der Waals surface area contributed by atoms with Crippen molar-refractivity contribution in [3.05, 3.63) is 70.7 Å². The molecule has 0 heterocycles. The van der Waals surface area contributed by atoms with E-state index in [-0.39, 0.29) is 12.5 Å². The summed E-state index contributed by atoms with van der Waals surface area (Å²) in [6.07, 6.45) is 0. The molecule has 0 aliphatic carbocycles. The molecule has 5 nitrogen and oxygen atoms in total. The number of hydrogen-bond donors (Lipinski definition) is 1. The normalized spacial score (nSPS) is 11.3. The Bertz CT molecular complexity index is 984. The molecule has 27 heavy (non-hydrogen) atoms. The van der Waals surface area contributed by atoms with Crippen LogP contribution in [0.5, 0.6) is 11.5 Å². The van der Waals surface area contributed by atoms with E-state index in [0.717, 1.165) is 26.6 Å². The Labute approximate surface area is 166 Å². The van der Waals surface area contributed by atoms with E-state index in [9.17, 15) is 4.79 Å². The van der Waals surface area contributed by atoms with Gasteiger partial charge in [0.2, 0.25) is 0 Å². The fraction of sp³-hybridized carbons (Fsp3) is 0.143. The van der Waals surface area contributed by atoms with E-state index in [1.165, 1.54) is 0 Å². The molecule has 3 aromatic rings. The number of benzene rings is 3. The van der Waals surface area contributed by atoms with Crippen molar-refractivity contribution in [1.29, 1.82) is 0 Å². The van der Waals surface area contributed by atoms with Crippen molar-refractivity contribution in [2.24, 2.45) is 5.10 Å². The maximum Gasteiger partial charge on any atom is 0.277 e. The third kappa shape index (κ3) is 4.65. The van der Waals surface area contributed by atoms with Gasteiger partial charge in [0.1, 0.15) is 11.5 Å². The highest BCUT2D eigenvalue weighted by Gasteiger charge is 2.08. The zero-order chi connectivity index (χ0) is 19.2. The van der Waals surface area contributed by atoms with Gasteiger partial charge in [-0.05, 0) is 69.5 Å². The molecule has 0 saturated heterocycles. The number of hydrazone groups is 1. The number of ether oxygens (including phenoxy) is 2. The van der Waals surface area contributed by atoms with Crippen LogP contribution in [0.3, 0.4) is 0 Å². The fourth-order valence-corrected chi connectivity index (χ4v) is 3.15. The van der Waals surface area contributed by atoms with E-state index in [2.05, 4.69) is 26.5 Å². The molecule has 0 aliphatic heterocycles. The molecule has 0 spiro atoms. The molecule has 3 aromatic carbocycles. The minimum Gasteiger partial charge on any atom is -0.497 e. The summed E-state index contributed by atoms with van der Waals surface area (Å²) in [7, 11) is 1.62.